The monoisotopic (exact) mass is 287 g/mol. The molecule has 1 aromatic rings. The van der Waals surface area contributed by atoms with Crippen molar-refractivity contribution in [3.63, 3.8) is 0 Å². The summed E-state index contributed by atoms with van der Waals surface area (Å²) in [5.74, 6) is -1.94. The molecule has 0 aromatic heterocycles. The largest absolute Gasteiger partial charge is 0.485 e. The van der Waals surface area contributed by atoms with Gasteiger partial charge in [-0.15, -0.1) is 0 Å². The molecule has 114 valence electrons. The highest BCUT2D eigenvalue weighted by Crippen LogP contribution is 2.24. The van der Waals surface area contributed by atoms with Crippen LogP contribution >= 0.6 is 0 Å². The van der Waals surface area contributed by atoms with Crippen molar-refractivity contribution >= 4 is 0 Å². The predicted molar refractivity (Wildman–Crippen MR) is 74.7 cm³/mol. The van der Waals surface area contributed by atoms with Gasteiger partial charge in [0.05, 0.1) is 6.10 Å². The molecule has 1 aromatic carbocycles. The molecule has 0 aliphatic rings. The van der Waals surface area contributed by atoms with Crippen LogP contribution in [0.5, 0.6) is 5.75 Å². The van der Waals surface area contributed by atoms with E-state index in [-0.39, 0.29) is 12.1 Å². The molecule has 0 aliphatic heterocycles. The molecule has 0 saturated carbocycles. The van der Waals surface area contributed by atoms with Crippen molar-refractivity contribution in [2.24, 2.45) is 0 Å². The van der Waals surface area contributed by atoms with Gasteiger partial charge in [-0.05, 0) is 44.9 Å². The van der Waals surface area contributed by atoms with Gasteiger partial charge in [-0.2, -0.15) is 0 Å². The third-order valence-corrected chi connectivity index (χ3v) is 2.77. The summed E-state index contributed by atoms with van der Waals surface area (Å²) in [5.41, 5.74) is 0.381. The molecule has 2 N–H and O–H groups in total. The molecule has 0 bridgehead atoms. The lowest BCUT2D eigenvalue weighted by Gasteiger charge is -2.21. The van der Waals surface area contributed by atoms with E-state index < -0.39 is 23.5 Å². The number of ether oxygens (including phenoxy) is 1. The molecule has 0 aliphatic carbocycles. The van der Waals surface area contributed by atoms with E-state index in [0.717, 1.165) is 0 Å². The number of aliphatic hydroxyl groups excluding tert-OH is 1. The number of nitrogens with one attached hydrogen (secondary N) is 1. The van der Waals surface area contributed by atoms with Gasteiger partial charge in [-0.1, -0.05) is 6.92 Å². The van der Waals surface area contributed by atoms with Gasteiger partial charge in [0.2, 0.25) is 0 Å². The zero-order valence-corrected chi connectivity index (χ0v) is 12.5. The third-order valence-electron chi connectivity index (χ3n) is 2.77. The van der Waals surface area contributed by atoms with Gasteiger partial charge >= 0.3 is 0 Å². The number of rotatable bonds is 6. The smallest absolute Gasteiger partial charge is 0.190 e. The molecule has 3 nitrogen and oxygen atoms in total. The van der Waals surface area contributed by atoms with Gasteiger partial charge in [-0.25, -0.2) is 8.78 Å². The summed E-state index contributed by atoms with van der Waals surface area (Å²) in [6, 6.07) is 2.49. The van der Waals surface area contributed by atoms with Crippen molar-refractivity contribution < 1.29 is 18.6 Å². The number of benzene rings is 1. The zero-order valence-electron chi connectivity index (χ0n) is 12.5. The summed E-state index contributed by atoms with van der Waals surface area (Å²) in [6.07, 6.45) is -0.257. The van der Waals surface area contributed by atoms with E-state index in [9.17, 15) is 13.9 Å². The van der Waals surface area contributed by atoms with Crippen LogP contribution in [0.25, 0.3) is 0 Å². The Labute approximate surface area is 119 Å². The second-order valence-electron chi connectivity index (χ2n) is 5.87. The average Bonchev–Trinajstić information content (AvgIpc) is 2.34. The quantitative estimate of drug-likeness (QED) is 0.845. The Kier molecular flexibility index (Phi) is 5.89. The van der Waals surface area contributed by atoms with Gasteiger partial charge in [0.15, 0.2) is 17.4 Å². The maximum atomic E-state index is 13.8. The predicted octanol–water partition coefficient (Wildman–Crippen LogP) is 3.00. The lowest BCUT2D eigenvalue weighted by Crippen LogP contribution is -2.35. The van der Waals surface area contributed by atoms with Crippen LogP contribution < -0.4 is 10.1 Å². The minimum absolute atomic E-state index is 0.121. The lowest BCUT2D eigenvalue weighted by molar-refractivity contribution is 0.0994. The molecule has 0 fully saturated rings. The van der Waals surface area contributed by atoms with E-state index in [1.54, 1.807) is 6.92 Å². The summed E-state index contributed by atoms with van der Waals surface area (Å²) >= 11 is 0. The van der Waals surface area contributed by atoms with Gasteiger partial charge in [0.1, 0.15) is 6.61 Å². The molecule has 0 spiro atoms. The molecular formula is C15H23F2NO2. The fourth-order valence-electron chi connectivity index (χ4n) is 1.52. The highest BCUT2D eigenvalue weighted by molar-refractivity contribution is 5.31. The summed E-state index contributed by atoms with van der Waals surface area (Å²) < 4.78 is 32.6. The first-order chi connectivity index (χ1) is 9.23. The summed E-state index contributed by atoms with van der Waals surface area (Å²) in [6.45, 7) is 7.94. The van der Waals surface area contributed by atoms with Crippen LogP contribution in [0.3, 0.4) is 0 Å². The van der Waals surface area contributed by atoms with Crippen LogP contribution in [-0.2, 0) is 6.54 Å². The Balaban J connectivity index is 2.76. The van der Waals surface area contributed by atoms with E-state index in [4.69, 9.17) is 4.74 Å². The lowest BCUT2D eigenvalue weighted by atomic mass is 10.1. The first-order valence-corrected chi connectivity index (χ1v) is 6.76. The van der Waals surface area contributed by atoms with Crippen LogP contribution in [0, 0.1) is 11.6 Å². The van der Waals surface area contributed by atoms with Crippen molar-refractivity contribution in [3.8, 4) is 5.75 Å². The first kappa shape index (κ1) is 16.9. The second-order valence-corrected chi connectivity index (χ2v) is 5.87. The molecule has 5 heteroatoms. The van der Waals surface area contributed by atoms with Crippen molar-refractivity contribution in [2.75, 3.05) is 6.61 Å². The number of hydrogen-bond acceptors (Lipinski definition) is 3. The standard InChI is InChI=1S/C15H23F2NO2/c1-5-11(19)9-20-14-12(16)6-10(7-13(14)17)8-18-15(2,3)4/h6-7,11,18-19H,5,8-9H2,1-4H3. The van der Waals surface area contributed by atoms with Crippen LogP contribution in [-0.4, -0.2) is 23.4 Å². The summed E-state index contributed by atoms with van der Waals surface area (Å²) in [7, 11) is 0. The second kappa shape index (κ2) is 6.99. The zero-order chi connectivity index (χ0) is 15.3. The van der Waals surface area contributed by atoms with Crippen LogP contribution in [0.15, 0.2) is 12.1 Å². The highest BCUT2D eigenvalue weighted by atomic mass is 19.1. The average molecular weight is 287 g/mol. The Morgan fingerprint density at radius 3 is 2.25 bits per heavy atom. The van der Waals surface area contributed by atoms with Gasteiger partial charge in [-0.3, -0.25) is 0 Å². The van der Waals surface area contributed by atoms with Crippen LogP contribution in [0.1, 0.15) is 39.7 Å². The van der Waals surface area contributed by atoms with Crippen molar-refractivity contribution in [2.45, 2.75) is 52.3 Å². The SMILES string of the molecule is CCC(O)COc1c(F)cc(CNC(C)(C)C)cc1F. The normalized spacial score (nSPS) is 13.3. The number of aliphatic hydroxyl groups is 1. The number of hydrogen-bond donors (Lipinski definition) is 2. The fourth-order valence-corrected chi connectivity index (χ4v) is 1.52. The summed E-state index contributed by atoms with van der Waals surface area (Å²) in [4.78, 5) is 0. The molecule has 0 heterocycles. The van der Waals surface area contributed by atoms with Gasteiger partial charge in [0.25, 0.3) is 0 Å². The van der Waals surface area contributed by atoms with Crippen LogP contribution in [0.4, 0.5) is 8.78 Å². The molecule has 20 heavy (non-hydrogen) atoms. The molecule has 1 atom stereocenters. The van der Waals surface area contributed by atoms with Crippen LogP contribution in [0.2, 0.25) is 0 Å². The Morgan fingerprint density at radius 1 is 1.25 bits per heavy atom. The Hall–Kier alpha value is -1.20. The van der Waals surface area contributed by atoms with Crippen molar-refractivity contribution in [1.29, 1.82) is 0 Å². The molecule has 1 unspecified atom stereocenters. The van der Waals surface area contributed by atoms with E-state index in [0.29, 0.717) is 18.5 Å². The van der Waals surface area contributed by atoms with E-state index >= 15 is 0 Å². The van der Waals surface area contributed by atoms with Crippen molar-refractivity contribution in [3.05, 3.63) is 29.3 Å². The Bertz CT molecular complexity index is 421. The Morgan fingerprint density at radius 2 is 1.80 bits per heavy atom. The van der Waals surface area contributed by atoms with E-state index in [1.165, 1.54) is 12.1 Å². The topological polar surface area (TPSA) is 41.5 Å². The fraction of sp³-hybridized carbons (Fsp3) is 0.600. The van der Waals surface area contributed by atoms with Gasteiger partial charge in [0, 0.05) is 12.1 Å². The molecule has 0 amide bonds. The van der Waals surface area contributed by atoms with E-state index in [1.807, 2.05) is 20.8 Å². The maximum absolute atomic E-state index is 13.8. The minimum atomic E-state index is -0.751. The molecule has 0 saturated heterocycles. The molecular weight excluding hydrogens is 264 g/mol. The highest BCUT2D eigenvalue weighted by Gasteiger charge is 2.15. The molecule has 0 radical (unpaired) electrons. The summed E-state index contributed by atoms with van der Waals surface area (Å²) in [5, 5.41) is 12.5. The first-order valence-electron chi connectivity index (χ1n) is 6.76. The minimum Gasteiger partial charge on any atom is -0.485 e. The van der Waals surface area contributed by atoms with E-state index in [2.05, 4.69) is 5.32 Å². The third kappa shape index (κ3) is 5.43. The van der Waals surface area contributed by atoms with Gasteiger partial charge < -0.3 is 15.2 Å². The maximum Gasteiger partial charge on any atom is 0.190 e. The van der Waals surface area contributed by atoms with Crippen molar-refractivity contribution in [1.82, 2.24) is 5.32 Å². The molecule has 1 rings (SSSR count). The number of halogens is 2.